The summed E-state index contributed by atoms with van der Waals surface area (Å²) >= 11 is 0. The molecule has 18 atom stereocenters. The van der Waals surface area contributed by atoms with E-state index in [2.05, 4.69) is 33.8 Å². The van der Waals surface area contributed by atoms with Gasteiger partial charge in [0.25, 0.3) is 0 Å². The Labute approximate surface area is 352 Å². The SMILES string of the molecule is CC(C)(O)[C@@H](CCCC1CCC2C3CC=C4C(CC[C@H](O[C@H]5C[C@@H](O)C[C@@H](CO)O5)C4(C)C)[C@]3(C)CC[C@]12C)O[C@@H]1O[C@H](CO)C[C@H](O)[C@H]1O[C@H]1C[C@@H](O)C[C@@H](CO)O1. The fourth-order valence-electron chi connectivity index (χ4n) is 13.2. The van der Waals surface area contributed by atoms with Gasteiger partial charge < -0.3 is 64.2 Å². The van der Waals surface area contributed by atoms with E-state index in [1.807, 2.05) is 0 Å². The van der Waals surface area contributed by atoms with Crippen molar-refractivity contribution in [2.45, 2.75) is 217 Å². The van der Waals surface area contributed by atoms with Crippen LogP contribution in [0.4, 0.5) is 0 Å². The molecule has 7 rings (SSSR count). The average molecular weight is 839 g/mol. The lowest BCUT2D eigenvalue weighted by atomic mass is 9.43. The molecule has 3 aliphatic heterocycles. The van der Waals surface area contributed by atoms with Crippen LogP contribution in [0.5, 0.6) is 0 Å². The van der Waals surface area contributed by atoms with Crippen molar-refractivity contribution in [3.63, 3.8) is 0 Å². The summed E-state index contributed by atoms with van der Waals surface area (Å²) in [5, 5.41) is 72.7. The predicted molar refractivity (Wildman–Crippen MR) is 217 cm³/mol. The van der Waals surface area contributed by atoms with Gasteiger partial charge in [0.1, 0.15) is 6.10 Å². The molecule has 13 heteroatoms. The molecule has 6 fully saturated rings. The first-order chi connectivity index (χ1) is 27.9. The number of hydrogen-bond acceptors (Lipinski definition) is 13. The van der Waals surface area contributed by atoms with Crippen LogP contribution in [0.2, 0.25) is 0 Å². The van der Waals surface area contributed by atoms with Crippen molar-refractivity contribution in [2.24, 2.45) is 39.9 Å². The van der Waals surface area contributed by atoms with Gasteiger partial charge >= 0.3 is 0 Å². The third-order valence-electron chi connectivity index (χ3n) is 16.7. The summed E-state index contributed by atoms with van der Waals surface area (Å²) in [6, 6.07) is 0. The summed E-state index contributed by atoms with van der Waals surface area (Å²) in [6.07, 6.45) is 6.42. The summed E-state index contributed by atoms with van der Waals surface area (Å²) in [5.41, 5.74) is 0.607. The van der Waals surface area contributed by atoms with Crippen molar-refractivity contribution >= 4 is 0 Å². The normalized spacial score (nSPS) is 46.8. The lowest BCUT2D eigenvalue weighted by Gasteiger charge is -2.62. The Kier molecular flexibility index (Phi) is 14.4. The molecule has 0 amide bonds. The molecule has 4 aliphatic carbocycles. The average Bonchev–Trinajstić information content (AvgIpc) is 3.51. The highest BCUT2D eigenvalue weighted by Gasteiger charge is 2.62. The molecule has 0 bridgehead atoms. The molecule has 3 saturated heterocycles. The summed E-state index contributed by atoms with van der Waals surface area (Å²) in [6.45, 7) is 12.6. The Balaban J connectivity index is 0.982. The van der Waals surface area contributed by atoms with Crippen LogP contribution in [0.1, 0.15) is 138 Å². The first-order valence-electron chi connectivity index (χ1n) is 23.1. The number of aliphatic hydroxyl groups is 7. The fourth-order valence-corrected chi connectivity index (χ4v) is 13.2. The maximum Gasteiger partial charge on any atom is 0.187 e. The van der Waals surface area contributed by atoms with Crippen molar-refractivity contribution < 1.29 is 64.2 Å². The molecule has 0 aromatic heterocycles. The maximum atomic E-state index is 11.4. The van der Waals surface area contributed by atoms with Gasteiger partial charge in [-0.05, 0) is 106 Å². The second kappa shape index (κ2) is 18.4. The molecule has 0 radical (unpaired) electrons. The largest absolute Gasteiger partial charge is 0.394 e. The first kappa shape index (κ1) is 46.2. The molecule has 0 aromatic rings. The molecular weight excluding hydrogens is 760 g/mol. The number of allylic oxidation sites excluding steroid dienone is 1. The van der Waals surface area contributed by atoms with Gasteiger partial charge in [0.05, 0.1) is 74.3 Å². The van der Waals surface area contributed by atoms with Crippen molar-refractivity contribution in [3.05, 3.63) is 11.6 Å². The highest BCUT2D eigenvalue weighted by atomic mass is 16.7. The Morgan fingerprint density at radius 2 is 1.36 bits per heavy atom. The summed E-state index contributed by atoms with van der Waals surface area (Å²) in [4.78, 5) is 0. The van der Waals surface area contributed by atoms with Gasteiger partial charge in [-0.1, -0.05) is 45.8 Å². The van der Waals surface area contributed by atoms with Gasteiger partial charge in [0.2, 0.25) is 0 Å². The van der Waals surface area contributed by atoms with Crippen LogP contribution < -0.4 is 0 Å². The number of aliphatic hydroxyl groups excluding tert-OH is 6. The van der Waals surface area contributed by atoms with Gasteiger partial charge in [-0.15, -0.1) is 0 Å². The van der Waals surface area contributed by atoms with Gasteiger partial charge in [-0.2, -0.15) is 0 Å². The van der Waals surface area contributed by atoms with E-state index in [-0.39, 0.29) is 61.1 Å². The van der Waals surface area contributed by atoms with Gasteiger partial charge in [0.15, 0.2) is 18.9 Å². The summed E-state index contributed by atoms with van der Waals surface area (Å²) in [5.74, 6) is 2.34. The molecule has 0 spiro atoms. The minimum atomic E-state index is -1.23. The zero-order valence-corrected chi connectivity index (χ0v) is 36.6. The van der Waals surface area contributed by atoms with Crippen LogP contribution >= 0.6 is 0 Å². The van der Waals surface area contributed by atoms with E-state index < -0.39 is 67.2 Å². The van der Waals surface area contributed by atoms with Crippen molar-refractivity contribution in [1.82, 2.24) is 0 Å². The molecule has 4 unspecified atom stereocenters. The first-order valence-corrected chi connectivity index (χ1v) is 23.1. The Morgan fingerprint density at radius 1 is 0.746 bits per heavy atom. The van der Waals surface area contributed by atoms with Crippen LogP contribution in [0, 0.1) is 39.9 Å². The topological polar surface area (TPSA) is 197 Å². The molecule has 3 saturated carbocycles. The van der Waals surface area contributed by atoms with Gasteiger partial charge in [0, 0.05) is 37.5 Å². The highest BCUT2D eigenvalue weighted by Crippen LogP contribution is 2.69. The second-order valence-electron chi connectivity index (χ2n) is 21.3. The molecule has 3 heterocycles. The minimum Gasteiger partial charge on any atom is -0.394 e. The van der Waals surface area contributed by atoms with Crippen molar-refractivity contribution in [3.8, 4) is 0 Å². The number of ether oxygens (including phenoxy) is 6. The third-order valence-corrected chi connectivity index (χ3v) is 16.7. The molecule has 0 aromatic carbocycles. The van der Waals surface area contributed by atoms with E-state index in [0.717, 1.165) is 32.1 Å². The summed E-state index contributed by atoms with van der Waals surface area (Å²) < 4.78 is 37.3. The molecule has 13 nitrogen and oxygen atoms in total. The Bertz CT molecular complexity index is 1420. The van der Waals surface area contributed by atoms with Crippen molar-refractivity contribution in [2.75, 3.05) is 19.8 Å². The van der Waals surface area contributed by atoms with E-state index in [9.17, 15) is 35.7 Å². The number of rotatable bonds is 14. The van der Waals surface area contributed by atoms with E-state index in [1.165, 1.54) is 31.3 Å². The van der Waals surface area contributed by atoms with Crippen LogP contribution in [0.25, 0.3) is 0 Å². The quantitative estimate of drug-likeness (QED) is 0.121. The van der Waals surface area contributed by atoms with E-state index in [0.29, 0.717) is 49.4 Å². The molecule has 7 aliphatic rings. The van der Waals surface area contributed by atoms with Crippen molar-refractivity contribution in [1.29, 1.82) is 0 Å². The lowest BCUT2D eigenvalue weighted by molar-refractivity contribution is -0.341. The van der Waals surface area contributed by atoms with E-state index in [1.54, 1.807) is 13.8 Å². The number of fused-ring (bicyclic) bond motifs is 5. The van der Waals surface area contributed by atoms with E-state index >= 15 is 0 Å². The maximum absolute atomic E-state index is 11.4. The highest BCUT2D eigenvalue weighted by molar-refractivity contribution is 5.29. The standard InChI is InChI=1S/C46H78O13/c1-43(2)32-12-13-35-34-11-10-26(45(34,5)16-17-46(35,6)33(32)14-15-37(43)57-39-20-27(50)18-29(23-47)54-39)8-7-9-38(44(3,4)53)58-42-41(36(52)22-31(25-49)56-42)59-40-21-28(51)19-30(24-48)55-40/h12,26-31,33-42,47-53H,7-11,13-25H2,1-6H3/t26?,27-,28-,29-,30-,31-,33?,34?,35?,36-,37-,38+,39-,40-,41+,42-,45+,46-/m0/s1. The molecule has 59 heavy (non-hydrogen) atoms. The van der Waals surface area contributed by atoms with Crippen LogP contribution in [0.15, 0.2) is 11.6 Å². The van der Waals surface area contributed by atoms with Crippen LogP contribution in [0.3, 0.4) is 0 Å². The minimum absolute atomic E-state index is 0.00923. The predicted octanol–water partition coefficient (Wildman–Crippen LogP) is 4.48. The van der Waals surface area contributed by atoms with Gasteiger partial charge in [-0.3, -0.25) is 0 Å². The Morgan fingerprint density at radius 3 is 1.98 bits per heavy atom. The monoisotopic (exact) mass is 839 g/mol. The number of hydrogen-bond donors (Lipinski definition) is 7. The second-order valence-corrected chi connectivity index (χ2v) is 21.3. The zero-order chi connectivity index (χ0) is 42.5. The smallest absolute Gasteiger partial charge is 0.187 e. The van der Waals surface area contributed by atoms with Gasteiger partial charge in [-0.25, -0.2) is 0 Å². The summed E-state index contributed by atoms with van der Waals surface area (Å²) in [7, 11) is 0. The molecular formula is C46H78O13. The van der Waals surface area contributed by atoms with Crippen LogP contribution in [-0.4, -0.2) is 135 Å². The fraction of sp³-hybridized carbons (Fsp3) is 0.957. The molecule has 340 valence electrons. The lowest BCUT2D eigenvalue weighted by Crippen LogP contribution is -2.56. The zero-order valence-electron chi connectivity index (χ0n) is 36.6. The van der Waals surface area contributed by atoms with Crippen LogP contribution in [-0.2, 0) is 28.4 Å². The Hall–Kier alpha value is -0.780. The van der Waals surface area contributed by atoms with E-state index in [4.69, 9.17) is 28.4 Å². The third kappa shape index (κ3) is 9.54. The molecule has 7 N–H and O–H groups in total.